The molecule has 25 heavy (non-hydrogen) atoms. The number of rotatable bonds is 7. The summed E-state index contributed by atoms with van der Waals surface area (Å²) in [6.07, 6.45) is 1.70. The molecule has 7 heteroatoms. The first-order valence-electron chi connectivity index (χ1n) is 8.53. The molecule has 2 aromatic rings. The SMILES string of the molecule is CC(C)(CNc1c(NCc2ccccn2)c(=O)c1=O)N1CCOCC1. The van der Waals surface area contributed by atoms with E-state index in [9.17, 15) is 9.59 Å². The third-order valence-electron chi connectivity index (χ3n) is 4.65. The van der Waals surface area contributed by atoms with Crippen LogP contribution in [-0.4, -0.2) is 48.3 Å². The van der Waals surface area contributed by atoms with E-state index in [2.05, 4.69) is 34.4 Å². The van der Waals surface area contributed by atoms with Gasteiger partial charge in [0.1, 0.15) is 11.4 Å². The van der Waals surface area contributed by atoms with E-state index < -0.39 is 10.9 Å². The van der Waals surface area contributed by atoms with Crippen LogP contribution >= 0.6 is 0 Å². The van der Waals surface area contributed by atoms with Crippen LogP contribution in [0.25, 0.3) is 0 Å². The van der Waals surface area contributed by atoms with Crippen molar-refractivity contribution in [2.24, 2.45) is 0 Å². The molecule has 0 amide bonds. The van der Waals surface area contributed by atoms with Crippen molar-refractivity contribution in [1.82, 2.24) is 9.88 Å². The number of aromatic nitrogens is 1. The largest absolute Gasteiger partial charge is 0.379 e. The smallest absolute Gasteiger partial charge is 0.253 e. The summed E-state index contributed by atoms with van der Waals surface area (Å²) in [6.45, 7) is 8.41. The van der Waals surface area contributed by atoms with Gasteiger partial charge in [-0.05, 0) is 26.0 Å². The Kier molecular flexibility index (Phi) is 5.15. The van der Waals surface area contributed by atoms with Crippen LogP contribution in [0.1, 0.15) is 19.5 Å². The third-order valence-corrected chi connectivity index (χ3v) is 4.65. The minimum atomic E-state index is -0.470. The second-order valence-corrected chi connectivity index (χ2v) is 6.85. The van der Waals surface area contributed by atoms with Crippen molar-refractivity contribution in [3.8, 4) is 0 Å². The molecule has 1 aliphatic heterocycles. The number of anilines is 2. The van der Waals surface area contributed by atoms with E-state index in [4.69, 9.17) is 4.74 Å². The zero-order chi connectivity index (χ0) is 17.9. The highest BCUT2D eigenvalue weighted by atomic mass is 16.5. The van der Waals surface area contributed by atoms with Crippen LogP contribution in [0.2, 0.25) is 0 Å². The van der Waals surface area contributed by atoms with Crippen molar-refractivity contribution in [1.29, 1.82) is 0 Å². The summed E-state index contributed by atoms with van der Waals surface area (Å²) in [7, 11) is 0. The van der Waals surface area contributed by atoms with Crippen LogP contribution in [0.4, 0.5) is 11.4 Å². The Morgan fingerprint density at radius 3 is 2.44 bits per heavy atom. The molecule has 0 atom stereocenters. The maximum absolute atomic E-state index is 11.9. The van der Waals surface area contributed by atoms with Gasteiger partial charge in [0.15, 0.2) is 0 Å². The van der Waals surface area contributed by atoms with Gasteiger partial charge in [-0.2, -0.15) is 0 Å². The normalized spacial score (nSPS) is 16.1. The molecule has 3 rings (SSSR count). The summed E-state index contributed by atoms with van der Waals surface area (Å²) in [5.41, 5.74) is 0.483. The molecular formula is C18H24N4O3. The fourth-order valence-corrected chi connectivity index (χ4v) is 3.00. The zero-order valence-electron chi connectivity index (χ0n) is 14.7. The summed E-state index contributed by atoms with van der Waals surface area (Å²) in [6, 6.07) is 5.59. The summed E-state index contributed by atoms with van der Waals surface area (Å²) >= 11 is 0. The second kappa shape index (κ2) is 7.33. The standard InChI is InChI=1S/C18H24N4O3/c1-18(2,22-7-9-25-10-8-22)12-21-15-14(16(23)17(15)24)20-11-13-5-3-4-6-19-13/h3-6,20-21H,7-12H2,1-2H3. The molecule has 0 bridgehead atoms. The Morgan fingerprint density at radius 1 is 1.12 bits per heavy atom. The lowest BCUT2D eigenvalue weighted by Crippen LogP contribution is -2.54. The van der Waals surface area contributed by atoms with E-state index in [1.54, 1.807) is 6.20 Å². The molecule has 0 saturated carbocycles. The lowest BCUT2D eigenvalue weighted by molar-refractivity contribution is -0.00569. The van der Waals surface area contributed by atoms with Crippen molar-refractivity contribution >= 4 is 11.4 Å². The Labute approximate surface area is 146 Å². The first-order chi connectivity index (χ1) is 12.0. The van der Waals surface area contributed by atoms with Crippen molar-refractivity contribution in [3.05, 3.63) is 50.5 Å². The minimum Gasteiger partial charge on any atom is -0.379 e. The van der Waals surface area contributed by atoms with Crippen LogP contribution < -0.4 is 21.5 Å². The third kappa shape index (κ3) is 3.88. The predicted molar refractivity (Wildman–Crippen MR) is 97.9 cm³/mol. The lowest BCUT2D eigenvalue weighted by Gasteiger charge is -2.41. The first kappa shape index (κ1) is 17.6. The molecule has 1 fully saturated rings. The molecule has 0 unspecified atom stereocenters. The Balaban J connectivity index is 1.62. The number of hydrogen-bond donors (Lipinski definition) is 2. The van der Waals surface area contributed by atoms with Crippen molar-refractivity contribution in [2.45, 2.75) is 25.9 Å². The Morgan fingerprint density at radius 2 is 1.80 bits per heavy atom. The average molecular weight is 344 g/mol. The highest BCUT2D eigenvalue weighted by Gasteiger charge is 2.30. The van der Waals surface area contributed by atoms with Crippen molar-refractivity contribution < 1.29 is 4.74 Å². The van der Waals surface area contributed by atoms with Crippen LogP contribution in [-0.2, 0) is 11.3 Å². The lowest BCUT2D eigenvalue weighted by atomic mass is 10.0. The highest BCUT2D eigenvalue weighted by Crippen LogP contribution is 2.20. The minimum absolute atomic E-state index is 0.137. The maximum atomic E-state index is 11.9. The zero-order valence-corrected chi connectivity index (χ0v) is 14.7. The monoisotopic (exact) mass is 344 g/mol. The molecule has 2 heterocycles. The van der Waals surface area contributed by atoms with E-state index in [0.29, 0.717) is 24.5 Å². The van der Waals surface area contributed by atoms with E-state index in [1.165, 1.54) is 0 Å². The molecule has 1 aliphatic rings. The van der Waals surface area contributed by atoms with Gasteiger partial charge in [0.2, 0.25) is 0 Å². The summed E-state index contributed by atoms with van der Waals surface area (Å²) < 4.78 is 5.39. The maximum Gasteiger partial charge on any atom is 0.253 e. The number of morpholine rings is 1. The van der Waals surface area contributed by atoms with Gasteiger partial charge >= 0.3 is 0 Å². The molecule has 7 nitrogen and oxygen atoms in total. The van der Waals surface area contributed by atoms with Gasteiger partial charge in [-0.25, -0.2) is 0 Å². The summed E-state index contributed by atoms with van der Waals surface area (Å²) in [5, 5.41) is 6.20. The second-order valence-electron chi connectivity index (χ2n) is 6.85. The number of ether oxygens (including phenoxy) is 1. The molecular weight excluding hydrogens is 320 g/mol. The number of nitrogens with zero attached hydrogens (tertiary/aromatic N) is 2. The van der Waals surface area contributed by atoms with Gasteiger partial charge in [0.25, 0.3) is 10.9 Å². The van der Waals surface area contributed by atoms with Crippen LogP contribution in [0.5, 0.6) is 0 Å². The molecule has 0 spiro atoms. The molecule has 1 aromatic carbocycles. The fraction of sp³-hybridized carbons (Fsp3) is 0.500. The molecule has 134 valence electrons. The van der Waals surface area contributed by atoms with Crippen molar-refractivity contribution in [3.63, 3.8) is 0 Å². The van der Waals surface area contributed by atoms with Crippen molar-refractivity contribution in [2.75, 3.05) is 43.5 Å². The quantitative estimate of drug-likeness (QED) is 0.719. The Hall–Kier alpha value is -2.25. The van der Waals surface area contributed by atoms with Crippen LogP contribution in [0.3, 0.4) is 0 Å². The van der Waals surface area contributed by atoms with E-state index in [-0.39, 0.29) is 5.54 Å². The van der Waals surface area contributed by atoms with Gasteiger partial charge in [-0.15, -0.1) is 0 Å². The topological polar surface area (TPSA) is 83.6 Å². The van der Waals surface area contributed by atoms with Gasteiger partial charge in [0.05, 0.1) is 25.5 Å². The number of nitrogens with one attached hydrogen (secondary N) is 2. The molecule has 0 aliphatic carbocycles. The molecule has 2 N–H and O–H groups in total. The molecule has 1 aromatic heterocycles. The summed E-state index contributed by atoms with van der Waals surface area (Å²) in [5.74, 6) is 0. The molecule has 0 radical (unpaired) electrons. The Bertz CT molecular complexity index is 775. The van der Waals surface area contributed by atoms with E-state index in [0.717, 1.165) is 32.0 Å². The van der Waals surface area contributed by atoms with Crippen LogP contribution in [0.15, 0.2) is 34.0 Å². The number of pyridine rings is 1. The summed E-state index contributed by atoms with van der Waals surface area (Å²) in [4.78, 5) is 30.3. The first-order valence-corrected chi connectivity index (χ1v) is 8.53. The van der Waals surface area contributed by atoms with E-state index in [1.807, 2.05) is 18.2 Å². The average Bonchev–Trinajstić information content (AvgIpc) is 2.65. The fourth-order valence-electron chi connectivity index (χ4n) is 3.00. The van der Waals surface area contributed by atoms with Crippen LogP contribution in [0, 0.1) is 0 Å². The van der Waals surface area contributed by atoms with E-state index >= 15 is 0 Å². The number of hydrogen-bond acceptors (Lipinski definition) is 7. The van der Waals surface area contributed by atoms with Gasteiger partial charge in [-0.3, -0.25) is 19.5 Å². The van der Waals surface area contributed by atoms with Gasteiger partial charge in [-0.1, -0.05) is 6.07 Å². The highest BCUT2D eigenvalue weighted by molar-refractivity contribution is 5.74. The predicted octanol–water partition coefficient (Wildman–Crippen LogP) is 0.812. The van der Waals surface area contributed by atoms with Gasteiger partial charge < -0.3 is 15.4 Å². The van der Waals surface area contributed by atoms with Gasteiger partial charge in [0, 0.05) is 31.4 Å². The molecule has 1 saturated heterocycles.